The Morgan fingerprint density at radius 1 is 1.47 bits per heavy atom. The van der Waals surface area contributed by atoms with Gasteiger partial charge >= 0.3 is 5.97 Å². The number of aromatic carboxylic acids is 1. The van der Waals surface area contributed by atoms with Gasteiger partial charge in [-0.2, -0.15) is 0 Å². The van der Waals surface area contributed by atoms with E-state index in [4.69, 9.17) is 45.0 Å². The number of halogens is 3. The molecule has 0 spiro atoms. The summed E-state index contributed by atoms with van der Waals surface area (Å²) in [6, 6.07) is 0. The Bertz CT molecular complexity index is 373. The second-order valence-corrected chi connectivity index (χ2v) is 4.82. The molecule has 0 amide bonds. The molecule has 9 heteroatoms. The molecule has 0 fully saturated rings. The topological polar surface area (TPSA) is 88.2 Å². The maximum Gasteiger partial charge on any atom is 0.358 e. The van der Waals surface area contributed by atoms with Crippen molar-refractivity contribution in [3.8, 4) is 0 Å². The molecule has 1 rings (SSSR count). The van der Waals surface area contributed by atoms with Gasteiger partial charge in [-0.1, -0.05) is 40.0 Å². The van der Waals surface area contributed by atoms with E-state index in [1.54, 1.807) is 0 Å². The quantitative estimate of drug-likeness (QED) is 0.796. The zero-order chi connectivity index (χ0) is 11.6. The Hall–Kier alpha value is -0.560. The van der Waals surface area contributed by atoms with E-state index in [2.05, 4.69) is 10.3 Å². The largest absolute Gasteiger partial charge is 0.476 e. The van der Waals surface area contributed by atoms with Gasteiger partial charge in [0.15, 0.2) is 5.69 Å². The van der Waals surface area contributed by atoms with Crippen LogP contribution in [0.2, 0.25) is 0 Å². The molecule has 0 saturated carbocycles. The number of carboxylic acid groups (broad SMARTS) is 1. The third kappa shape index (κ3) is 2.72. The van der Waals surface area contributed by atoms with Crippen LogP contribution in [0.5, 0.6) is 0 Å². The van der Waals surface area contributed by atoms with Crippen LogP contribution in [0.4, 0.5) is 0 Å². The van der Waals surface area contributed by atoms with Crippen LogP contribution in [0, 0.1) is 0 Å². The Kier molecular flexibility index (Phi) is 3.77. The van der Waals surface area contributed by atoms with Crippen molar-refractivity contribution in [1.29, 1.82) is 0 Å². The summed E-state index contributed by atoms with van der Waals surface area (Å²) in [7, 11) is 0. The van der Waals surface area contributed by atoms with Gasteiger partial charge in [0.1, 0.15) is 5.69 Å². The van der Waals surface area contributed by atoms with Crippen molar-refractivity contribution in [2.45, 2.75) is 10.3 Å². The molecule has 0 aliphatic rings. The molecule has 1 heterocycles. The van der Waals surface area contributed by atoms with E-state index in [1.807, 2.05) is 0 Å². The summed E-state index contributed by atoms with van der Waals surface area (Å²) >= 11 is 16.7. The molecule has 0 unspecified atom stereocenters. The third-order valence-electron chi connectivity index (χ3n) is 1.52. The first kappa shape index (κ1) is 12.5. The van der Waals surface area contributed by atoms with Gasteiger partial charge < -0.3 is 10.2 Å². The van der Waals surface area contributed by atoms with Gasteiger partial charge in [-0.3, -0.25) is 0 Å². The molecule has 0 saturated heterocycles. The molecule has 1 aromatic rings. The van der Waals surface area contributed by atoms with E-state index in [-0.39, 0.29) is 18.8 Å². The molecule has 6 nitrogen and oxygen atoms in total. The summed E-state index contributed by atoms with van der Waals surface area (Å²) in [4.78, 5) is 10.7. The number of hydrogen-bond donors (Lipinski definition) is 2. The molecule has 84 valence electrons. The molecule has 0 atom stereocenters. The molecular weight excluding hydrogens is 268 g/mol. The van der Waals surface area contributed by atoms with Crippen LogP contribution >= 0.6 is 34.8 Å². The lowest BCUT2D eigenvalue weighted by Crippen LogP contribution is -2.17. The normalized spacial score (nSPS) is 11.7. The molecule has 0 aliphatic heterocycles. The van der Waals surface area contributed by atoms with Crippen molar-refractivity contribution >= 4 is 40.8 Å². The maximum atomic E-state index is 10.7. The van der Waals surface area contributed by atoms with Crippen LogP contribution < -0.4 is 0 Å². The van der Waals surface area contributed by atoms with Crippen molar-refractivity contribution in [1.82, 2.24) is 15.0 Å². The summed E-state index contributed by atoms with van der Waals surface area (Å²) in [5, 5.41) is 24.3. The van der Waals surface area contributed by atoms with Crippen molar-refractivity contribution in [3.63, 3.8) is 0 Å². The minimum atomic E-state index is -1.95. The van der Waals surface area contributed by atoms with Gasteiger partial charge in [0, 0.05) is 0 Å². The number of nitrogens with zero attached hydrogens (tertiary/aromatic N) is 3. The van der Waals surface area contributed by atoms with E-state index in [0.29, 0.717) is 0 Å². The number of alkyl halides is 3. The molecule has 0 bridgehead atoms. The molecule has 0 aromatic carbocycles. The summed E-state index contributed by atoms with van der Waals surface area (Å²) in [6.45, 7) is -0.264. The van der Waals surface area contributed by atoms with E-state index < -0.39 is 15.5 Å². The first-order chi connectivity index (χ1) is 6.88. The Labute approximate surface area is 99.3 Å². The van der Waals surface area contributed by atoms with Crippen LogP contribution in [-0.4, -0.2) is 37.8 Å². The third-order valence-corrected chi connectivity index (χ3v) is 2.06. The smallest absolute Gasteiger partial charge is 0.358 e. The van der Waals surface area contributed by atoms with Gasteiger partial charge in [0.05, 0.1) is 13.2 Å². The van der Waals surface area contributed by atoms with Gasteiger partial charge in [0.25, 0.3) is 0 Å². The minimum Gasteiger partial charge on any atom is -0.476 e. The first-order valence-electron chi connectivity index (χ1n) is 3.72. The van der Waals surface area contributed by atoms with Crippen molar-refractivity contribution < 1.29 is 15.0 Å². The first-order valence-corrected chi connectivity index (χ1v) is 4.86. The maximum absolute atomic E-state index is 10.7. The Balaban J connectivity index is 3.27. The van der Waals surface area contributed by atoms with Crippen molar-refractivity contribution in [3.05, 3.63) is 11.4 Å². The number of carbonyl (C=O) groups is 1. The SMILES string of the molecule is O=C(O)c1nnn(CCO)c1C(Cl)(Cl)Cl. The fourth-order valence-electron chi connectivity index (χ4n) is 0.989. The standard InChI is InChI=1S/C6H6Cl3N3O3/c7-6(8,9)4-3(5(14)15)10-11-12(4)1-2-13/h13H,1-2H2,(H,14,15). The summed E-state index contributed by atoms with van der Waals surface area (Å²) < 4.78 is -0.914. The summed E-state index contributed by atoms with van der Waals surface area (Å²) in [5.41, 5.74) is -0.613. The number of carboxylic acids is 1. The Morgan fingerprint density at radius 2 is 2.07 bits per heavy atom. The molecule has 15 heavy (non-hydrogen) atoms. The van der Waals surface area contributed by atoms with E-state index in [1.165, 1.54) is 0 Å². The zero-order valence-corrected chi connectivity index (χ0v) is 9.46. The molecule has 0 aliphatic carbocycles. The van der Waals surface area contributed by atoms with E-state index >= 15 is 0 Å². The fourth-order valence-corrected chi connectivity index (χ4v) is 1.55. The van der Waals surface area contributed by atoms with Gasteiger partial charge in [-0.05, 0) is 0 Å². The van der Waals surface area contributed by atoms with Crippen LogP contribution in [0.15, 0.2) is 0 Å². The van der Waals surface area contributed by atoms with Crippen molar-refractivity contribution in [2.24, 2.45) is 0 Å². The molecule has 0 radical (unpaired) electrons. The number of rotatable bonds is 3. The molecule has 1 aromatic heterocycles. The highest BCUT2D eigenvalue weighted by molar-refractivity contribution is 6.66. The van der Waals surface area contributed by atoms with E-state index in [0.717, 1.165) is 4.68 Å². The number of aromatic nitrogens is 3. The molecule has 2 N–H and O–H groups in total. The van der Waals surface area contributed by atoms with E-state index in [9.17, 15) is 4.79 Å². The highest BCUT2D eigenvalue weighted by Crippen LogP contribution is 2.39. The molecular formula is C6H6Cl3N3O3. The fraction of sp³-hybridized carbons (Fsp3) is 0.500. The summed E-state index contributed by atoms with van der Waals surface area (Å²) in [5.74, 6) is -1.35. The highest BCUT2D eigenvalue weighted by atomic mass is 35.6. The Morgan fingerprint density at radius 3 is 2.47 bits per heavy atom. The second kappa shape index (κ2) is 4.52. The highest BCUT2D eigenvalue weighted by Gasteiger charge is 2.35. The van der Waals surface area contributed by atoms with Crippen LogP contribution in [0.1, 0.15) is 16.2 Å². The number of aliphatic hydroxyl groups excluding tert-OH is 1. The number of aliphatic hydroxyl groups is 1. The van der Waals surface area contributed by atoms with Crippen LogP contribution in [-0.2, 0) is 10.3 Å². The lowest BCUT2D eigenvalue weighted by atomic mass is 10.3. The predicted octanol–water partition coefficient (Wildman–Crippen LogP) is 0.795. The minimum absolute atomic E-state index is 0.00350. The lowest BCUT2D eigenvalue weighted by molar-refractivity contribution is 0.0689. The zero-order valence-electron chi connectivity index (χ0n) is 7.19. The predicted molar refractivity (Wildman–Crippen MR) is 53.3 cm³/mol. The van der Waals surface area contributed by atoms with Crippen LogP contribution in [0.25, 0.3) is 0 Å². The number of hydrogen-bond acceptors (Lipinski definition) is 4. The van der Waals surface area contributed by atoms with Gasteiger partial charge in [-0.25, -0.2) is 9.48 Å². The average molecular weight is 274 g/mol. The van der Waals surface area contributed by atoms with Gasteiger partial charge in [-0.15, -0.1) is 5.10 Å². The second-order valence-electron chi connectivity index (χ2n) is 2.54. The monoisotopic (exact) mass is 273 g/mol. The van der Waals surface area contributed by atoms with Crippen molar-refractivity contribution in [2.75, 3.05) is 6.61 Å². The average Bonchev–Trinajstić information content (AvgIpc) is 2.47. The van der Waals surface area contributed by atoms with Crippen LogP contribution in [0.3, 0.4) is 0 Å². The lowest BCUT2D eigenvalue weighted by Gasteiger charge is -2.12. The van der Waals surface area contributed by atoms with Gasteiger partial charge in [0.2, 0.25) is 3.79 Å². The summed E-state index contributed by atoms with van der Waals surface area (Å²) in [6.07, 6.45) is 0.